The second kappa shape index (κ2) is 12.9. The molecule has 0 saturated heterocycles. The maximum atomic E-state index is 10.9. The lowest BCUT2D eigenvalue weighted by Gasteiger charge is -2.06. The molecular weight excluding hydrogens is 288 g/mol. The Kier molecular flexibility index (Phi) is 10.9. The number of unbranched alkanes of at least 4 members (excludes halogenated alkanes) is 4. The van der Waals surface area contributed by atoms with E-state index in [4.69, 9.17) is 0 Å². The molecule has 1 N–H and O–H groups in total. The number of hydrogen-bond donors (Lipinski definition) is 1. The number of aliphatic hydroxyl groups excluding tert-OH is 1. The number of allylic oxidation sites excluding steroid dienone is 6. The van der Waals surface area contributed by atoms with Crippen molar-refractivity contribution in [2.45, 2.75) is 71.0 Å². The molecule has 1 atom stereocenters. The van der Waals surface area contributed by atoms with E-state index in [9.17, 15) is 9.90 Å². The van der Waals surface area contributed by atoms with E-state index in [1.54, 1.807) is 0 Å². The lowest BCUT2D eigenvalue weighted by molar-refractivity contribution is -0.151. The van der Waals surface area contributed by atoms with Crippen molar-refractivity contribution in [3.63, 3.8) is 0 Å². The molecular formula is C20H30O3. The average molecular weight is 318 g/mol. The quantitative estimate of drug-likeness (QED) is 0.313. The number of rotatable bonds is 12. The zero-order valence-electron chi connectivity index (χ0n) is 14.2. The number of ether oxygens (including phenoxy) is 1. The van der Waals surface area contributed by atoms with E-state index in [1.807, 2.05) is 0 Å². The molecule has 0 radical (unpaired) electrons. The normalized spacial score (nSPS) is 18.4. The van der Waals surface area contributed by atoms with Gasteiger partial charge >= 0.3 is 5.97 Å². The molecule has 0 aliphatic carbocycles. The van der Waals surface area contributed by atoms with Gasteiger partial charge in [0.15, 0.2) is 0 Å². The van der Waals surface area contributed by atoms with Crippen LogP contribution in [0.4, 0.5) is 0 Å². The topological polar surface area (TPSA) is 46.5 Å². The molecule has 1 aliphatic heterocycles. The Balaban J connectivity index is 1.91. The molecule has 3 heteroatoms. The zero-order valence-corrected chi connectivity index (χ0v) is 14.2. The van der Waals surface area contributed by atoms with Crippen LogP contribution >= 0.6 is 0 Å². The first-order valence-corrected chi connectivity index (χ1v) is 8.78. The van der Waals surface area contributed by atoms with Crippen LogP contribution in [0.1, 0.15) is 64.7 Å². The summed E-state index contributed by atoms with van der Waals surface area (Å²) in [5.41, 5.74) is 0.718. The number of hydrogen-bond acceptors (Lipinski definition) is 3. The van der Waals surface area contributed by atoms with Crippen molar-refractivity contribution >= 4 is 5.97 Å². The van der Waals surface area contributed by atoms with Crippen LogP contribution in [-0.2, 0) is 9.53 Å². The van der Waals surface area contributed by atoms with E-state index in [1.165, 1.54) is 18.9 Å². The molecule has 0 aromatic heterocycles. The molecule has 1 aliphatic rings. The Bertz CT molecular complexity index is 444. The molecule has 0 saturated carbocycles. The summed E-state index contributed by atoms with van der Waals surface area (Å²) in [6, 6.07) is 0. The van der Waals surface area contributed by atoms with E-state index >= 15 is 0 Å². The summed E-state index contributed by atoms with van der Waals surface area (Å²) in [6.07, 6.45) is 23.2. The number of carbonyl (C=O) groups excluding carboxylic acids is 1. The van der Waals surface area contributed by atoms with Gasteiger partial charge in [-0.1, -0.05) is 56.2 Å². The summed E-state index contributed by atoms with van der Waals surface area (Å²) in [4.78, 5) is 10.9. The minimum Gasteiger partial charge on any atom is -0.429 e. The predicted octanol–water partition coefficient (Wildman–Crippen LogP) is 4.99. The van der Waals surface area contributed by atoms with Crippen molar-refractivity contribution in [2.75, 3.05) is 0 Å². The summed E-state index contributed by atoms with van der Waals surface area (Å²) >= 11 is 0. The molecule has 0 fully saturated rings. The highest BCUT2D eigenvalue weighted by atomic mass is 16.6. The SMILES string of the molecule is CCC=CCC=CCC=CCCCCCCC1=CC(=O)OC1O. The smallest absolute Gasteiger partial charge is 0.333 e. The van der Waals surface area contributed by atoms with Gasteiger partial charge < -0.3 is 9.84 Å². The zero-order chi connectivity index (χ0) is 16.8. The first-order chi connectivity index (χ1) is 11.2. The van der Waals surface area contributed by atoms with Crippen molar-refractivity contribution in [3.8, 4) is 0 Å². The van der Waals surface area contributed by atoms with Crippen molar-refractivity contribution in [3.05, 3.63) is 48.1 Å². The molecule has 1 rings (SSSR count). The third-order valence-electron chi connectivity index (χ3n) is 3.71. The minimum atomic E-state index is -1.00. The summed E-state index contributed by atoms with van der Waals surface area (Å²) in [7, 11) is 0. The highest BCUT2D eigenvalue weighted by Crippen LogP contribution is 2.20. The van der Waals surface area contributed by atoms with Gasteiger partial charge in [-0.15, -0.1) is 0 Å². The molecule has 0 aromatic carbocycles. The molecule has 1 unspecified atom stereocenters. The third-order valence-corrected chi connectivity index (χ3v) is 3.71. The second-order valence-electron chi connectivity index (χ2n) is 5.76. The van der Waals surface area contributed by atoms with Crippen LogP contribution in [0.5, 0.6) is 0 Å². The Morgan fingerprint density at radius 2 is 1.65 bits per heavy atom. The summed E-state index contributed by atoms with van der Waals surface area (Å²) in [5.74, 6) is -0.423. The van der Waals surface area contributed by atoms with Crippen LogP contribution in [0.3, 0.4) is 0 Å². The van der Waals surface area contributed by atoms with Crippen LogP contribution in [0.25, 0.3) is 0 Å². The van der Waals surface area contributed by atoms with Crippen molar-refractivity contribution in [1.29, 1.82) is 0 Å². The van der Waals surface area contributed by atoms with Crippen molar-refractivity contribution in [1.82, 2.24) is 0 Å². The highest BCUT2D eigenvalue weighted by molar-refractivity contribution is 5.85. The van der Waals surface area contributed by atoms with Crippen LogP contribution < -0.4 is 0 Å². The maximum absolute atomic E-state index is 10.9. The lowest BCUT2D eigenvalue weighted by atomic mass is 10.1. The second-order valence-corrected chi connectivity index (χ2v) is 5.76. The first-order valence-electron chi connectivity index (χ1n) is 8.78. The van der Waals surface area contributed by atoms with Crippen molar-refractivity contribution < 1.29 is 14.6 Å². The van der Waals surface area contributed by atoms with Crippen LogP contribution in [0.2, 0.25) is 0 Å². The molecule has 3 nitrogen and oxygen atoms in total. The van der Waals surface area contributed by atoms with Gasteiger partial charge in [0.05, 0.1) is 0 Å². The first kappa shape index (κ1) is 19.4. The molecule has 0 spiro atoms. The molecule has 128 valence electrons. The number of carbonyl (C=O) groups is 1. The minimum absolute atomic E-state index is 0.423. The molecule has 0 aromatic rings. The fourth-order valence-corrected chi connectivity index (χ4v) is 2.41. The van der Waals surface area contributed by atoms with Gasteiger partial charge in [0.25, 0.3) is 0 Å². The largest absolute Gasteiger partial charge is 0.429 e. The fraction of sp³-hybridized carbons (Fsp3) is 0.550. The molecule has 0 bridgehead atoms. The Hall–Kier alpha value is -1.61. The standard InChI is InChI=1S/C20H30O3/c1-2-3-4-5-6-7-8-9-10-11-12-13-14-15-16-18-17-19(21)23-20(18)22/h3-4,6-7,9-10,17,20,22H,2,5,8,11-16H2,1H3. The van der Waals surface area contributed by atoms with Gasteiger partial charge in [0, 0.05) is 11.6 Å². The summed E-state index contributed by atoms with van der Waals surface area (Å²) in [5, 5.41) is 9.43. The number of aliphatic hydroxyl groups is 1. The summed E-state index contributed by atoms with van der Waals surface area (Å²) < 4.78 is 4.65. The molecule has 23 heavy (non-hydrogen) atoms. The molecule has 0 amide bonds. The third kappa shape index (κ3) is 9.90. The number of esters is 1. The van der Waals surface area contributed by atoms with Gasteiger partial charge in [0.1, 0.15) is 0 Å². The fourth-order valence-electron chi connectivity index (χ4n) is 2.41. The lowest BCUT2D eigenvalue weighted by Crippen LogP contribution is -2.09. The predicted molar refractivity (Wildman–Crippen MR) is 94.8 cm³/mol. The Labute approximate surface area is 140 Å². The van der Waals surface area contributed by atoms with Gasteiger partial charge in [-0.05, 0) is 44.9 Å². The van der Waals surface area contributed by atoms with Crippen LogP contribution in [0.15, 0.2) is 48.1 Å². The highest BCUT2D eigenvalue weighted by Gasteiger charge is 2.22. The van der Waals surface area contributed by atoms with Crippen LogP contribution in [-0.4, -0.2) is 17.4 Å². The van der Waals surface area contributed by atoms with Gasteiger partial charge in [0.2, 0.25) is 6.29 Å². The Morgan fingerprint density at radius 3 is 2.30 bits per heavy atom. The average Bonchev–Trinajstić information content (AvgIpc) is 2.85. The van der Waals surface area contributed by atoms with E-state index in [-0.39, 0.29) is 0 Å². The Morgan fingerprint density at radius 1 is 1.00 bits per heavy atom. The van der Waals surface area contributed by atoms with Gasteiger partial charge in [-0.25, -0.2) is 4.79 Å². The van der Waals surface area contributed by atoms with Crippen molar-refractivity contribution in [2.24, 2.45) is 0 Å². The van der Waals surface area contributed by atoms with Crippen LogP contribution in [0, 0.1) is 0 Å². The van der Waals surface area contributed by atoms with Gasteiger partial charge in [-0.3, -0.25) is 0 Å². The number of cyclic esters (lactones) is 1. The molecule has 1 heterocycles. The monoisotopic (exact) mass is 318 g/mol. The van der Waals surface area contributed by atoms with E-state index < -0.39 is 12.3 Å². The van der Waals surface area contributed by atoms with E-state index in [0.717, 1.165) is 50.5 Å². The summed E-state index contributed by atoms with van der Waals surface area (Å²) in [6.45, 7) is 2.15. The van der Waals surface area contributed by atoms with E-state index in [2.05, 4.69) is 48.1 Å². The van der Waals surface area contributed by atoms with Gasteiger partial charge in [-0.2, -0.15) is 0 Å². The van der Waals surface area contributed by atoms with E-state index in [0.29, 0.717) is 0 Å². The maximum Gasteiger partial charge on any atom is 0.333 e.